The fourth-order valence-corrected chi connectivity index (χ4v) is 1.22. The maximum absolute atomic E-state index is 5.69. The molecule has 1 aromatic carbocycles. The van der Waals surface area contributed by atoms with Crippen molar-refractivity contribution in [2.45, 2.75) is 6.61 Å². The molecule has 1 heterocycles. The van der Waals surface area contributed by atoms with Crippen LogP contribution in [0.2, 0.25) is 0 Å². The molecule has 78 valence electrons. The van der Waals surface area contributed by atoms with E-state index in [2.05, 4.69) is 10.2 Å². The van der Waals surface area contributed by atoms with Crippen molar-refractivity contribution in [2.75, 3.05) is 5.73 Å². The Morgan fingerprint density at radius 3 is 2.93 bits per heavy atom. The molecule has 0 amide bonds. The van der Waals surface area contributed by atoms with E-state index in [1.54, 1.807) is 12.1 Å². The van der Waals surface area contributed by atoms with Gasteiger partial charge in [-0.15, -0.1) is 5.10 Å². The number of hydrogen-bond donors (Lipinski definition) is 2. The maximum Gasteiger partial charge on any atom is 0.284 e. The van der Waals surface area contributed by atoms with Crippen LogP contribution in [-0.2, 0) is 6.61 Å². The lowest BCUT2D eigenvalue weighted by Gasteiger charge is -2.05. The van der Waals surface area contributed by atoms with Gasteiger partial charge in [0.2, 0.25) is 0 Å². The second kappa shape index (κ2) is 4.14. The Hall–Kier alpha value is -1.82. The number of ether oxygens (including phenoxy) is 1. The number of nitrogens with two attached hydrogens (primary N) is 1. The summed E-state index contributed by atoms with van der Waals surface area (Å²) in [4.78, 5) is 0.231. The predicted octanol–water partition coefficient (Wildman–Crippen LogP) is 1.89. The van der Waals surface area contributed by atoms with Crippen LogP contribution >= 0.6 is 12.2 Å². The zero-order valence-corrected chi connectivity index (χ0v) is 8.58. The van der Waals surface area contributed by atoms with Gasteiger partial charge in [0.25, 0.3) is 10.7 Å². The summed E-state index contributed by atoms with van der Waals surface area (Å²) in [5.41, 5.74) is 6.26. The van der Waals surface area contributed by atoms with Crippen LogP contribution in [0, 0.1) is 4.84 Å². The first-order chi connectivity index (χ1) is 7.25. The lowest BCUT2D eigenvalue weighted by atomic mass is 10.3. The normalized spacial score (nSPS) is 10.1. The summed E-state index contributed by atoms with van der Waals surface area (Å²) in [6.45, 7) is 0.196. The highest BCUT2D eigenvalue weighted by Gasteiger charge is 2.02. The summed E-state index contributed by atoms with van der Waals surface area (Å²) >= 11 is 4.72. The molecule has 2 rings (SSSR count). The summed E-state index contributed by atoms with van der Waals surface area (Å²) in [5.74, 6) is 0.991. The van der Waals surface area contributed by atoms with Crippen LogP contribution < -0.4 is 10.5 Å². The van der Waals surface area contributed by atoms with Crippen LogP contribution in [0.4, 0.5) is 5.69 Å². The van der Waals surface area contributed by atoms with Crippen LogP contribution in [-0.4, -0.2) is 10.2 Å². The lowest BCUT2D eigenvalue weighted by molar-refractivity contribution is 0.263. The Bertz CT molecular complexity index is 506. The smallest absolute Gasteiger partial charge is 0.284 e. The van der Waals surface area contributed by atoms with Gasteiger partial charge in [-0.3, -0.25) is 0 Å². The molecule has 0 unspecified atom stereocenters. The van der Waals surface area contributed by atoms with Gasteiger partial charge in [0.05, 0.1) is 5.69 Å². The minimum atomic E-state index is 0.196. The SMILES string of the molecule is Nc1ccccc1OCc1n[nH]c(=S)o1. The predicted molar refractivity (Wildman–Crippen MR) is 56.9 cm³/mol. The summed E-state index contributed by atoms with van der Waals surface area (Å²) in [5, 5.41) is 6.31. The molecule has 1 aromatic heterocycles. The molecular weight excluding hydrogens is 214 g/mol. The van der Waals surface area contributed by atoms with Gasteiger partial charge in [-0.1, -0.05) is 12.1 Å². The number of anilines is 1. The van der Waals surface area contributed by atoms with Crippen molar-refractivity contribution >= 4 is 17.9 Å². The van der Waals surface area contributed by atoms with E-state index >= 15 is 0 Å². The summed E-state index contributed by atoms with van der Waals surface area (Å²) in [6, 6.07) is 7.21. The fraction of sp³-hybridized carbons (Fsp3) is 0.111. The number of nitrogens with one attached hydrogen (secondary N) is 1. The Morgan fingerprint density at radius 1 is 1.47 bits per heavy atom. The van der Waals surface area contributed by atoms with Crippen molar-refractivity contribution in [3.8, 4) is 5.75 Å². The van der Waals surface area contributed by atoms with Crippen molar-refractivity contribution < 1.29 is 9.15 Å². The van der Waals surface area contributed by atoms with Gasteiger partial charge in [0.1, 0.15) is 5.75 Å². The molecule has 0 aliphatic heterocycles. The van der Waals surface area contributed by atoms with E-state index < -0.39 is 0 Å². The van der Waals surface area contributed by atoms with E-state index in [4.69, 9.17) is 27.1 Å². The molecule has 0 saturated carbocycles. The number of benzene rings is 1. The molecule has 0 bridgehead atoms. The minimum absolute atomic E-state index is 0.196. The number of aromatic amines is 1. The van der Waals surface area contributed by atoms with Gasteiger partial charge >= 0.3 is 0 Å². The quantitative estimate of drug-likeness (QED) is 0.613. The third-order valence-corrected chi connectivity index (χ3v) is 1.93. The molecule has 0 fully saturated rings. The van der Waals surface area contributed by atoms with Gasteiger partial charge in [-0.2, -0.15) is 0 Å². The summed E-state index contributed by atoms with van der Waals surface area (Å²) in [6.07, 6.45) is 0. The van der Waals surface area contributed by atoms with Gasteiger partial charge in [0, 0.05) is 0 Å². The number of nitrogen functional groups attached to an aromatic ring is 1. The Balaban J connectivity index is 2.05. The van der Waals surface area contributed by atoms with Crippen LogP contribution in [0.5, 0.6) is 5.75 Å². The van der Waals surface area contributed by atoms with Crippen molar-refractivity contribution in [1.82, 2.24) is 10.2 Å². The molecule has 15 heavy (non-hydrogen) atoms. The largest absolute Gasteiger partial charge is 0.482 e. The van der Waals surface area contributed by atoms with E-state index in [1.807, 2.05) is 12.1 Å². The molecule has 5 nitrogen and oxygen atoms in total. The Kier molecular flexibility index (Phi) is 2.68. The van der Waals surface area contributed by atoms with Crippen LogP contribution in [0.1, 0.15) is 5.89 Å². The molecule has 0 radical (unpaired) electrons. The maximum atomic E-state index is 5.69. The number of rotatable bonds is 3. The number of aromatic nitrogens is 2. The zero-order valence-electron chi connectivity index (χ0n) is 7.77. The van der Waals surface area contributed by atoms with E-state index in [9.17, 15) is 0 Å². The highest BCUT2D eigenvalue weighted by molar-refractivity contribution is 7.71. The van der Waals surface area contributed by atoms with E-state index in [0.717, 1.165) is 0 Å². The third-order valence-electron chi connectivity index (χ3n) is 1.75. The van der Waals surface area contributed by atoms with Gasteiger partial charge < -0.3 is 14.9 Å². The number of para-hydroxylation sites is 2. The van der Waals surface area contributed by atoms with Gasteiger partial charge in [-0.25, -0.2) is 5.10 Å². The molecule has 0 aliphatic carbocycles. The summed E-state index contributed by atoms with van der Waals surface area (Å²) < 4.78 is 10.4. The molecule has 3 N–H and O–H groups in total. The first-order valence-corrected chi connectivity index (χ1v) is 4.68. The van der Waals surface area contributed by atoms with Crippen LogP contribution in [0.3, 0.4) is 0 Å². The number of H-pyrrole nitrogens is 1. The standard InChI is InChI=1S/C9H9N3O2S/c10-6-3-1-2-4-7(6)13-5-8-11-12-9(15)14-8/h1-4H,5,10H2,(H,12,15). The molecule has 2 aromatic rings. The molecule has 0 spiro atoms. The monoisotopic (exact) mass is 223 g/mol. The van der Waals surface area contributed by atoms with Gasteiger partial charge in [0.15, 0.2) is 6.61 Å². The Labute approximate surface area is 90.9 Å². The van der Waals surface area contributed by atoms with E-state index in [-0.39, 0.29) is 11.4 Å². The molecular formula is C9H9N3O2S. The molecule has 0 saturated heterocycles. The first-order valence-electron chi connectivity index (χ1n) is 4.27. The lowest BCUT2D eigenvalue weighted by Crippen LogP contribution is -1.98. The van der Waals surface area contributed by atoms with Crippen LogP contribution in [0.15, 0.2) is 28.7 Å². The zero-order chi connectivity index (χ0) is 10.7. The molecule has 0 atom stereocenters. The molecule has 0 aliphatic rings. The van der Waals surface area contributed by atoms with E-state index in [0.29, 0.717) is 17.3 Å². The first kappa shape index (κ1) is 9.72. The average Bonchev–Trinajstić information content (AvgIpc) is 2.63. The molecule has 6 heteroatoms. The second-order valence-corrected chi connectivity index (χ2v) is 3.20. The second-order valence-electron chi connectivity index (χ2n) is 2.83. The fourth-order valence-electron chi connectivity index (χ4n) is 1.07. The highest BCUT2D eigenvalue weighted by Crippen LogP contribution is 2.20. The minimum Gasteiger partial charge on any atom is -0.482 e. The summed E-state index contributed by atoms with van der Waals surface area (Å²) in [7, 11) is 0. The third kappa shape index (κ3) is 2.35. The van der Waals surface area contributed by atoms with Crippen molar-refractivity contribution in [3.05, 3.63) is 35.0 Å². The Morgan fingerprint density at radius 2 is 2.27 bits per heavy atom. The van der Waals surface area contributed by atoms with Crippen molar-refractivity contribution in [2.24, 2.45) is 0 Å². The highest BCUT2D eigenvalue weighted by atomic mass is 32.1. The number of nitrogens with zero attached hydrogens (tertiary/aromatic N) is 1. The van der Waals surface area contributed by atoms with Gasteiger partial charge in [-0.05, 0) is 24.4 Å². The van der Waals surface area contributed by atoms with Crippen molar-refractivity contribution in [3.63, 3.8) is 0 Å². The van der Waals surface area contributed by atoms with E-state index in [1.165, 1.54) is 0 Å². The van der Waals surface area contributed by atoms with Crippen LogP contribution in [0.25, 0.3) is 0 Å². The average molecular weight is 223 g/mol. The van der Waals surface area contributed by atoms with Crippen molar-refractivity contribution in [1.29, 1.82) is 0 Å². The number of hydrogen-bond acceptors (Lipinski definition) is 5. The topological polar surface area (TPSA) is 77.1 Å².